The number of thiazole rings is 1. The Kier molecular flexibility index (Phi) is 6.45. The third-order valence-electron chi connectivity index (χ3n) is 2.92. The van der Waals surface area contributed by atoms with Crippen molar-refractivity contribution in [2.24, 2.45) is 5.92 Å². The van der Waals surface area contributed by atoms with E-state index in [2.05, 4.69) is 24.1 Å². The molecule has 0 aliphatic rings. The van der Waals surface area contributed by atoms with Crippen molar-refractivity contribution >= 4 is 17.2 Å². The van der Waals surface area contributed by atoms with Gasteiger partial charge in [0.05, 0.1) is 10.7 Å². The van der Waals surface area contributed by atoms with E-state index in [0.717, 1.165) is 28.4 Å². The van der Waals surface area contributed by atoms with Crippen LogP contribution in [0.15, 0.2) is 0 Å². The molecule has 0 spiro atoms. The second-order valence-corrected chi connectivity index (χ2v) is 6.40. The number of amides is 1. The molecular weight excluding hydrogens is 260 g/mol. The fourth-order valence-electron chi connectivity index (χ4n) is 1.96. The first kappa shape index (κ1) is 16.1. The van der Waals surface area contributed by atoms with E-state index in [4.69, 9.17) is 5.11 Å². The summed E-state index contributed by atoms with van der Waals surface area (Å²) in [6.45, 7) is 8.27. The lowest BCUT2D eigenvalue weighted by atomic mass is 10.1. The molecule has 1 unspecified atom stereocenters. The summed E-state index contributed by atoms with van der Waals surface area (Å²) in [5.41, 5.74) is 0.897. The van der Waals surface area contributed by atoms with Gasteiger partial charge in [-0.15, -0.1) is 11.3 Å². The SMILES string of the molecule is CCC(CCO)NC(=O)c1sc(C)nc1CC(C)C. The Morgan fingerprint density at radius 3 is 2.68 bits per heavy atom. The van der Waals surface area contributed by atoms with Crippen molar-refractivity contribution in [1.29, 1.82) is 0 Å². The summed E-state index contributed by atoms with van der Waals surface area (Å²) in [4.78, 5) is 17.5. The molecule has 19 heavy (non-hydrogen) atoms. The lowest BCUT2D eigenvalue weighted by Gasteiger charge is -2.15. The summed E-state index contributed by atoms with van der Waals surface area (Å²) in [6.07, 6.45) is 2.24. The summed E-state index contributed by atoms with van der Waals surface area (Å²) in [5, 5.41) is 12.9. The maximum absolute atomic E-state index is 12.3. The smallest absolute Gasteiger partial charge is 0.263 e. The van der Waals surface area contributed by atoms with Gasteiger partial charge in [-0.3, -0.25) is 4.79 Å². The van der Waals surface area contributed by atoms with Crippen LogP contribution in [0.3, 0.4) is 0 Å². The summed E-state index contributed by atoms with van der Waals surface area (Å²) >= 11 is 1.45. The maximum Gasteiger partial charge on any atom is 0.263 e. The van der Waals surface area contributed by atoms with Crippen molar-refractivity contribution in [2.45, 2.75) is 53.0 Å². The number of carbonyl (C=O) groups excluding carboxylic acids is 1. The summed E-state index contributed by atoms with van der Waals surface area (Å²) in [6, 6.07) is 0.0341. The minimum Gasteiger partial charge on any atom is -0.396 e. The number of nitrogens with zero attached hydrogens (tertiary/aromatic N) is 1. The van der Waals surface area contributed by atoms with E-state index in [1.807, 2.05) is 13.8 Å². The molecule has 0 fully saturated rings. The van der Waals surface area contributed by atoms with Gasteiger partial charge in [0.1, 0.15) is 4.88 Å². The van der Waals surface area contributed by atoms with Crippen molar-refractivity contribution in [3.05, 3.63) is 15.6 Å². The van der Waals surface area contributed by atoms with E-state index in [0.29, 0.717) is 12.3 Å². The highest BCUT2D eigenvalue weighted by atomic mass is 32.1. The van der Waals surface area contributed by atoms with Crippen LogP contribution >= 0.6 is 11.3 Å². The van der Waals surface area contributed by atoms with Crippen LogP contribution in [0.2, 0.25) is 0 Å². The highest BCUT2D eigenvalue weighted by Crippen LogP contribution is 2.21. The Morgan fingerprint density at radius 1 is 1.47 bits per heavy atom. The van der Waals surface area contributed by atoms with Gasteiger partial charge in [-0.1, -0.05) is 20.8 Å². The van der Waals surface area contributed by atoms with E-state index in [1.165, 1.54) is 11.3 Å². The molecule has 5 heteroatoms. The molecule has 4 nitrogen and oxygen atoms in total. The average Bonchev–Trinajstić information content (AvgIpc) is 2.68. The van der Waals surface area contributed by atoms with Gasteiger partial charge in [0.25, 0.3) is 5.91 Å². The average molecular weight is 284 g/mol. The van der Waals surface area contributed by atoms with E-state index < -0.39 is 0 Å². The minimum absolute atomic E-state index is 0.0341. The fraction of sp³-hybridized carbons (Fsp3) is 0.714. The molecular formula is C14H24N2O2S. The number of aromatic nitrogens is 1. The lowest BCUT2D eigenvalue weighted by Crippen LogP contribution is -2.35. The summed E-state index contributed by atoms with van der Waals surface area (Å²) < 4.78 is 0. The third kappa shape index (κ3) is 4.91. The van der Waals surface area contributed by atoms with Crippen LogP contribution in [0.25, 0.3) is 0 Å². The molecule has 0 aliphatic carbocycles. The van der Waals surface area contributed by atoms with Crippen molar-refractivity contribution in [2.75, 3.05) is 6.61 Å². The second kappa shape index (κ2) is 7.60. The van der Waals surface area contributed by atoms with Gasteiger partial charge >= 0.3 is 0 Å². The molecule has 0 aromatic carbocycles. The van der Waals surface area contributed by atoms with Crippen molar-refractivity contribution in [3.8, 4) is 0 Å². The van der Waals surface area contributed by atoms with Gasteiger partial charge in [-0.25, -0.2) is 4.98 Å². The number of rotatable bonds is 7. The number of aliphatic hydroxyl groups excluding tert-OH is 1. The van der Waals surface area contributed by atoms with Crippen LogP contribution in [0.1, 0.15) is 54.0 Å². The van der Waals surface area contributed by atoms with Crippen LogP contribution < -0.4 is 5.32 Å². The van der Waals surface area contributed by atoms with Gasteiger partial charge in [-0.05, 0) is 32.1 Å². The number of aryl methyl sites for hydroxylation is 1. The lowest BCUT2D eigenvalue weighted by molar-refractivity contribution is 0.0932. The first-order valence-corrected chi connectivity index (χ1v) is 7.67. The van der Waals surface area contributed by atoms with Crippen LogP contribution in [0.4, 0.5) is 0 Å². The number of nitrogens with one attached hydrogen (secondary N) is 1. The van der Waals surface area contributed by atoms with Crippen LogP contribution in [-0.2, 0) is 6.42 Å². The molecule has 1 aromatic rings. The number of hydrogen-bond acceptors (Lipinski definition) is 4. The maximum atomic E-state index is 12.3. The van der Waals surface area contributed by atoms with Crippen molar-refractivity contribution in [1.82, 2.24) is 10.3 Å². The highest BCUT2D eigenvalue weighted by molar-refractivity contribution is 7.13. The first-order chi connectivity index (χ1) is 8.97. The number of hydrogen-bond donors (Lipinski definition) is 2. The molecule has 1 heterocycles. The molecule has 0 aliphatic heterocycles. The standard InChI is InChI=1S/C14H24N2O2S/c1-5-11(6-7-17)16-14(18)13-12(8-9(2)3)15-10(4)19-13/h9,11,17H,5-8H2,1-4H3,(H,16,18). The van der Waals surface area contributed by atoms with Crippen LogP contribution in [-0.4, -0.2) is 28.6 Å². The minimum atomic E-state index is -0.0541. The summed E-state index contributed by atoms with van der Waals surface area (Å²) in [7, 11) is 0. The topological polar surface area (TPSA) is 62.2 Å². The predicted octanol–water partition coefficient (Wildman–Crippen LogP) is 2.54. The molecule has 1 amide bonds. The van der Waals surface area contributed by atoms with Gasteiger partial charge in [0, 0.05) is 12.6 Å². The molecule has 0 saturated heterocycles. The Morgan fingerprint density at radius 2 is 2.16 bits per heavy atom. The van der Waals surface area contributed by atoms with Gasteiger partial charge < -0.3 is 10.4 Å². The largest absolute Gasteiger partial charge is 0.396 e. The Labute approximate surface area is 119 Å². The molecule has 1 atom stereocenters. The zero-order valence-electron chi connectivity index (χ0n) is 12.2. The van der Waals surface area contributed by atoms with E-state index in [1.54, 1.807) is 0 Å². The quantitative estimate of drug-likeness (QED) is 0.809. The normalized spacial score (nSPS) is 12.7. The first-order valence-electron chi connectivity index (χ1n) is 6.85. The fourth-order valence-corrected chi connectivity index (χ4v) is 2.81. The van der Waals surface area contributed by atoms with E-state index >= 15 is 0 Å². The molecule has 1 aromatic heterocycles. The number of aliphatic hydroxyl groups is 1. The zero-order chi connectivity index (χ0) is 14.4. The monoisotopic (exact) mass is 284 g/mol. The summed E-state index contributed by atoms with van der Waals surface area (Å²) in [5.74, 6) is 0.425. The highest BCUT2D eigenvalue weighted by Gasteiger charge is 2.19. The Balaban J connectivity index is 2.80. The molecule has 2 N–H and O–H groups in total. The second-order valence-electron chi connectivity index (χ2n) is 5.20. The van der Waals surface area contributed by atoms with Crippen molar-refractivity contribution < 1.29 is 9.90 Å². The van der Waals surface area contributed by atoms with Crippen molar-refractivity contribution in [3.63, 3.8) is 0 Å². The molecule has 0 radical (unpaired) electrons. The van der Waals surface area contributed by atoms with Gasteiger partial charge in [-0.2, -0.15) is 0 Å². The zero-order valence-corrected chi connectivity index (χ0v) is 13.0. The predicted molar refractivity (Wildman–Crippen MR) is 78.6 cm³/mol. The molecule has 1 rings (SSSR count). The van der Waals surface area contributed by atoms with Gasteiger partial charge in [0.2, 0.25) is 0 Å². The van der Waals surface area contributed by atoms with Gasteiger partial charge in [0.15, 0.2) is 0 Å². The van der Waals surface area contributed by atoms with E-state index in [9.17, 15) is 4.79 Å². The number of carbonyl (C=O) groups is 1. The van der Waals surface area contributed by atoms with Crippen LogP contribution in [0, 0.1) is 12.8 Å². The Bertz CT molecular complexity index is 416. The molecule has 108 valence electrons. The van der Waals surface area contributed by atoms with E-state index in [-0.39, 0.29) is 18.6 Å². The third-order valence-corrected chi connectivity index (χ3v) is 3.93. The van der Waals surface area contributed by atoms with Crippen LogP contribution in [0.5, 0.6) is 0 Å². The Hall–Kier alpha value is -0.940. The molecule has 0 saturated carbocycles. The molecule has 0 bridgehead atoms.